The molecule has 2 heterocycles. The quantitative estimate of drug-likeness (QED) is 0.644. The van der Waals surface area contributed by atoms with E-state index in [2.05, 4.69) is 0 Å². The SMILES string of the molecule is COc1cc(CN2C(=O)CCSC2c2cc3ccccc3o2)cc(OC)c1. The summed E-state index contributed by atoms with van der Waals surface area (Å²) in [5, 5.41) is 0.907. The fourth-order valence-corrected chi connectivity index (χ4v) is 4.48. The second-order valence-corrected chi connectivity index (χ2v) is 7.59. The minimum Gasteiger partial charge on any atom is -0.497 e. The van der Waals surface area contributed by atoms with Crippen LogP contribution in [-0.4, -0.2) is 30.8 Å². The van der Waals surface area contributed by atoms with Crippen LogP contribution in [0.5, 0.6) is 11.5 Å². The van der Waals surface area contributed by atoms with Gasteiger partial charge in [-0.05, 0) is 29.8 Å². The summed E-state index contributed by atoms with van der Waals surface area (Å²) in [6.07, 6.45) is 0.530. The highest BCUT2D eigenvalue weighted by atomic mass is 32.2. The zero-order valence-corrected chi connectivity index (χ0v) is 16.1. The molecule has 0 radical (unpaired) electrons. The van der Waals surface area contributed by atoms with Crippen molar-refractivity contribution in [3.05, 3.63) is 59.9 Å². The van der Waals surface area contributed by atoms with Gasteiger partial charge in [-0.3, -0.25) is 4.79 Å². The summed E-state index contributed by atoms with van der Waals surface area (Å²) in [5.41, 5.74) is 1.80. The topological polar surface area (TPSA) is 51.9 Å². The van der Waals surface area contributed by atoms with Crippen molar-refractivity contribution in [2.45, 2.75) is 18.3 Å². The van der Waals surface area contributed by atoms with E-state index < -0.39 is 0 Å². The Morgan fingerprint density at radius 2 is 1.85 bits per heavy atom. The molecule has 5 nitrogen and oxygen atoms in total. The van der Waals surface area contributed by atoms with Crippen LogP contribution in [-0.2, 0) is 11.3 Å². The van der Waals surface area contributed by atoms with E-state index in [0.717, 1.165) is 28.0 Å². The summed E-state index contributed by atoms with van der Waals surface area (Å²) in [6, 6.07) is 15.6. The summed E-state index contributed by atoms with van der Waals surface area (Å²) >= 11 is 1.73. The van der Waals surface area contributed by atoms with Crippen LogP contribution in [0, 0.1) is 0 Å². The van der Waals surface area contributed by atoms with Crippen molar-refractivity contribution in [3.63, 3.8) is 0 Å². The van der Waals surface area contributed by atoms with E-state index in [4.69, 9.17) is 13.9 Å². The predicted molar refractivity (Wildman–Crippen MR) is 106 cm³/mol. The van der Waals surface area contributed by atoms with Crippen molar-refractivity contribution in [1.82, 2.24) is 4.90 Å². The lowest BCUT2D eigenvalue weighted by Gasteiger charge is -2.34. The molecule has 1 fully saturated rings. The predicted octanol–water partition coefficient (Wildman–Crippen LogP) is 4.61. The molecule has 1 amide bonds. The average Bonchev–Trinajstić information content (AvgIpc) is 3.13. The Morgan fingerprint density at radius 1 is 1.11 bits per heavy atom. The van der Waals surface area contributed by atoms with Gasteiger partial charge in [-0.25, -0.2) is 0 Å². The number of carbonyl (C=O) groups is 1. The molecule has 1 unspecified atom stereocenters. The van der Waals surface area contributed by atoms with E-state index in [-0.39, 0.29) is 11.3 Å². The highest BCUT2D eigenvalue weighted by Crippen LogP contribution is 2.40. The molecule has 140 valence electrons. The molecule has 3 aromatic rings. The molecule has 0 N–H and O–H groups in total. The first-order valence-corrected chi connectivity index (χ1v) is 9.84. The van der Waals surface area contributed by atoms with Crippen LogP contribution in [0.25, 0.3) is 11.0 Å². The van der Waals surface area contributed by atoms with Gasteiger partial charge in [0, 0.05) is 30.2 Å². The molecule has 1 atom stereocenters. The van der Waals surface area contributed by atoms with Crippen LogP contribution in [0.4, 0.5) is 0 Å². The Hall–Kier alpha value is -2.60. The number of para-hydroxylation sites is 1. The van der Waals surface area contributed by atoms with E-state index in [1.54, 1.807) is 26.0 Å². The third-order valence-electron chi connectivity index (χ3n) is 4.65. The Bertz CT molecular complexity index is 912. The lowest BCUT2D eigenvalue weighted by Crippen LogP contribution is -2.36. The van der Waals surface area contributed by atoms with Crippen molar-refractivity contribution in [1.29, 1.82) is 0 Å². The van der Waals surface area contributed by atoms with Gasteiger partial charge in [-0.15, -0.1) is 11.8 Å². The first kappa shape index (κ1) is 17.8. The number of furan rings is 1. The number of amides is 1. The third kappa shape index (κ3) is 3.62. The first-order chi connectivity index (χ1) is 13.2. The summed E-state index contributed by atoms with van der Waals surface area (Å²) in [6.45, 7) is 0.473. The Labute approximate surface area is 162 Å². The molecule has 1 aliphatic rings. The summed E-state index contributed by atoms with van der Waals surface area (Å²) in [7, 11) is 3.25. The van der Waals surface area contributed by atoms with Crippen LogP contribution < -0.4 is 9.47 Å². The molecule has 0 saturated carbocycles. The van der Waals surface area contributed by atoms with E-state index in [1.807, 2.05) is 53.4 Å². The molecule has 4 rings (SSSR count). The lowest BCUT2D eigenvalue weighted by atomic mass is 10.1. The van der Waals surface area contributed by atoms with Gasteiger partial charge in [0.2, 0.25) is 5.91 Å². The van der Waals surface area contributed by atoms with E-state index in [0.29, 0.717) is 24.5 Å². The Morgan fingerprint density at radius 3 is 2.56 bits per heavy atom. The average molecular weight is 383 g/mol. The van der Waals surface area contributed by atoms with Gasteiger partial charge >= 0.3 is 0 Å². The minimum atomic E-state index is -0.143. The molecule has 0 spiro atoms. The number of hydrogen-bond acceptors (Lipinski definition) is 5. The second-order valence-electron chi connectivity index (χ2n) is 6.40. The molecule has 27 heavy (non-hydrogen) atoms. The summed E-state index contributed by atoms with van der Waals surface area (Å²) < 4.78 is 16.8. The van der Waals surface area contributed by atoms with E-state index >= 15 is 0 Å². The maximum Gasteiger partial charge on any atom is 0.224 e. The molecular weight excluding hydrogens is 362 g/mol. The highest BCUT2D eigenvalue weighted by molar-refractivity contribution is 7.99. The third-order valence-corrected chi connectivity index (χ3v) is 5.89. The maximum absolute atomic E-state index is 12.7. The van der Waals surface area contributed by atoms with Crippen molar-refractivity contribution in [2.75, 3.05) is 20.0 Å². The van der Waals surface area contributed by atoms with Crippen LogP contribution in [0.1, 0.15) is 23.1 Å². The monoisotopic (exact) mass is 383 g/mol. The number of methoxy groups -OCH3 is 2. The van der Waals surface area contributed by atoms with Crippen molar-refractivity contribution in [2.24, 2.45) is 0 Å². The van der Waals surface area contributed by atoms with E-state index in [9.17, 15) is 4.79 Å². The number of nitrogens with zero attached hydrogens (tertiary/aromatic N) is 1. The number of benzene rings is 2. The number of hydrogen-bond donors (Lipinski definition) is 0. The van der Waals surface area contributed by atoms with Crippen molar-refractivity contribution in [3.8, 4) is 11.5 Å². The molecule has 1 aliphatic heterocycles. The highest BCUT2D eigenvalue weighted by Gasteiger charge is 2.32. The van der Waals surface area contributed by atoms with Gasteiger partial charge in [-0.1, -0.05) is 18.2 Å². The van der Waals surface area contributed by atoms with Crippen LogP contribution >= 0.6 is 11.8 Å². The zero-order chi connectivity index (χ0) is 18.8. The maximum atomic E-state index is 12.7. The van der Waals surface area contributed by atoms with Gasteiger partial charge in [0.15, 0.2) is 0 Å². The zero-order valence-electron chi connectivity index (χ0n) is 15.3. The van der Waals surface area contributed by atoms with Crippen LogP contribution in [0.3, 0.4) is 0 Å². The molecule has 1 saturated heterocycles. The van der Waals surface area contributed by atoms with Crippen molar-refractivity contribution < 1.29 is 18.7 Å². The van der Waals surface area contributed by atoms with Gasteiger partial charge in [0.25, 0.3) is 0 Å². The van der Waals surface area contributed by atoms with Gasteiger partial charge in [0.05, 0.1) is 14.2 Å². The normalized spacial score (nSPS) is 17.3. The van der Waals surface area contributed by atoms with Gasteiger partial charge in [-0.2, -0.15) is 0 Å². The minimum absolute atomic E-state index is 0.126. The van der Waals surface area contributed by atoms with Gasteiger partial charge in [0.1, 0.15) is 28.2 Å². The van der Waals surface area contributed by atoms with Gasteiger partial charge < -0.3 is 18.8 Å². The molecule has 0 aliphatic carbocycles. The number of carbonyl (C=O) groups excluding carboxylic acids is 1. The second kappa shape index (κ2) is 7.56. The molecule has 2 aromatic carbocycles. The number of fused-ring (bicyclic) bond motifs is 1. The first-order valence-electron chi connectivity index (χ1n) is 8.79. The fourth-order valence-electron chi connectivity index (χ4n) is 3.31. The van der Waals surface area contributed by atoms with Crippen LogP contribution in [0.2, 0.25) is 0 Å². The largest absolute Gasteiger partial charge is 0.497 e. The van der Waals surface area contributed by atoms with Crippen molar-refractivity contribution >= 4 is 28.6 Å². The Kier molecular flexibility index (Phi) is 4.99. The summed E-state index contributed by atoms with van der Waals surface area (Å²) in [5.74, 6) is 3.15. The lowest BCUT2D eigenvalue weighted by molar-refractivity contribution is -0.133. The Balaban J connectivity index is 1.67. The fraction of sp³-hybridized carbons (Fsp3) is 0.286. The van der Waals surface area contributed by atoms with Crippen LogP contribution in [0.15, 0.2) is 52.9 Å². The number of thioether (sulfide) groups is 1. The molecular formula is C21H21NO4S. The number of rotatable bonds is 5. The molecule has 6 heteroatoms. The number of ether oxygens (including phenoxy) is 2. The summed E-state index contributed by atoms with van der Waals surface area (Å²) in [4.78, 5) is 14.6. The smallest absolute Gasteiger partial charge is 0.224 e. The standard InChI is InChI=1S/C21H21NO4S/c1-24-16-9-14(10-17(12-16)25-2)13-22-20(23)7-8-27-21(22)19-11-15-5-3-4-6-18(15)26-19/h3-6,9-12,21H,7-8,13H2,1-2H3. The molecule has 1 aromatic heterocycles. The van der Waals surface area contributed by atoms with E-state index in [1.165, 1.54) is 0 Å². The molecule has 0 bridgehead atoms.